The van der Waals surface area contributed by atoms with Crippen LogP contribution < -0.4 is 5.73 Å². The topological polar surface area (TPSA) is 65.5 Å². The summed E-state index contributed by atoms with van der Waals surface area (Å²) in [6.45, 7) is 5.58. The van der Waals surface area contributed by atoms with Gasteiger partial charge in [-0.25, -0.2) is 13.8 Å². The SMILES string of the molecule is Cc1nc2c(n1[C@@H]1CCOC1)CN([C@H]1CO[C@H](c3cc(F)ccc3F)[C@@H](N)C1)C2. The molecule has 0 aliphatic carbocycles. The number of hydrogen-bond donors (Lipinski definition) is 1. The second-order valence-electron chi connectivity index (χ2n) is 8.32. The van der Waals surface area contributed by atoms with Gasteiger partial charge in [0, 0.05) is 37.3 Å². The summed E-state index contributed by atoms with van der Waals surface area (Å²) in [6.07, 6.45) is 1.05. The molecule has 3 aliphatic rings. The molecule has 0 amide bonds. The van der Waals surface area contributed by atoms with Crippen molar-refractivity contribution in [3.05, 3.63) is 52.6 Å². The van der Waals surface area contributed by atoms with Crippen LogP contribution in [0.25, 0.3) is 0 Å². The van der Waals surface area contributed by atoms with E-state index in [0.29, 0.717) is 19.1 Å². The van der Waals surface area contributed by atoms with E-state index in [1.54, 1.807) is 0 Å². The predicted molar refractivity (Wildman–Crippen MR) is 102 cm³/mol. The highest BCUT2D eigenvalue weighted by Crippen LogP contribution is 2.36. The van der Waals surface area contributed by atoms with Crippen LogP contribution in [0.5, 0.6) is 0 Å². The summed E-state index contributed by atoms with van der Waals surface area (Å²) in [6, 6.07) is 3.51. The maximum atomic E-state index is 14.2. The molecule has 3 aliphatic heterocycles. The molecule has 5 rings (SSSR count). The molecule has 29 heavy (non-hydrogen) atoms. The van der Waals surface area contributed by atoms with E-state index in [1.807, 2.05) is 0 Å². The highest BCUT2D eigenvalue weighted by molar-refractivity contribution is 5.25. The number of nitrogens with two attached hydrogens (primary N) is 1. The monoisotopic (exact) mass is 404 g/mol. The molecule has 0 bridgehead atoms. The first-order valence-electron chi connectivity index (χ1n) is 10.2. The average molecular weight is 404 g/mol. The van der Waals surface area contributed by atoms with Gasteiger partial charge in [0.25, 0.3) is 0 Å². The molecule has 0 unspecified atom stereocenters. The first kappa shape index (κ1) is 19.1. The number of aromatic nitrogens is 2. The Morgan fingerprint density at radius 3 is 2.79 bits per heavy atom. The maximum Gasteiger partial charge on any atom is 0.129 e. The highest BCUT2D eigenvalue weighted by Gasteiger charge is 2.38. The van der Waals surface area contributed by atoms with Crippen molar-refractivity contribution in [2.45, 2.75) is 57.1 Å². The summed E-state index contributed by atoms with van der Waals surface area (Å²) in [7, 11) is 0. The Morgan fingerprint density at radius 2 is 2.03 bits per heavy atom. The Bertz CT molecular complexity index is 912. The van der Waals surface area contributed by atoms with Crippen LogP contribution in [0.1, 0.15) is 47.8 Å². The van der Waals surface area contributed by atoms with Crippen molar-refractivity contribution in [1.29, 1.82) is 0 Å². The summed E-state index contributed by atoms with van der Waals surface area (Å²) in [5, 5.41) is 0. The van der Waals surface area contributed by atoms with E-state index in [0.717, 1.165) is 56.4 Å². The molecular weight excluding hydrogens is 378 g/mol. The second-order valence-corrected chi connectivity index (χ2v) is 8.32. The highest BCUT2D eigenvalue weighted by atomic mass is 19.1. The van der Waals surface area contributed by atoms with E-state index in [-0.39, 0.29) is 11.6 Å². The van der Waals surface area contributed by atoms with Gasteiger partial charge in [0.15, 0.2) is 0 Å². The molecule has 4 atom stereocenters. The molecule has 0 radical (unpaired) electrons. The molecule has 2 N–H and O–H groups in total. The molecule has 6 nitrogen and oxygen atoms in total. The van der Waals surface area contributed by atoms with Gasteiger partial charge in [-0.15, -0.1) is 0 Å². The Hall–Kier alpha value is -1.87. The fraction of sp³-hybridized carbons (Fsp3) is 0.571. The van der Waals surface area contributed by atoms with Gasteiger partial charge in [-0.2, -0.15) is 0 Å². The lowest BCUT2D eigenvalue weighted by atomic mass is 9.93. The summed E-state index contributed by atoms with van der Waals surface area (Å²) in [5.41, 5.74) is 8.91. The number of fused-ring (bicyclic) bond motifs is 1. The summed E-state index contributed by atoms with van der Waals surface area (Å²) in [4.78, 5) is 7.12. The van der Waals surface area contributed by atoms with Crippen molar-refractivity contribution in [2.24, 2.45) is 5.73 Å². The van der Waals surface area contributed by atoms with Crippen LogP contribution in [0.3, 0.4) is 0 Å². The molecular formula is C21H26F2N4O2. The number of halogens is 2. The van der Waals surface area contributed by atoms with Gasteiger partial charge in [-0.1, -0.05) is 0 Å². The second kappa shape index (κ2) is 7.43. The smallest absolute Gasteiger partial charge is 0.129 e. The molecule has 0 saturated carbocycles. The van der Waals surface area contributed by atoms with Crippen molar-refractivity contribution >= 4 is 0 Å². The van der Waals surface area contributed by atoms with Gasteiger partial charge in [-0.3, -0.25) is 4.90 Å². The zero-order valence-electron chi connectivity index (χ0n) is 16.5. The number of nitrogens with zero attached hydrogens (tertiary/aromatic N) is 3. The molecule has 8 heteroatoms. The molecule has 2 saturated heterocycles. The van der Waals surface area contributed by atoms with E-state index in [4.69, 9.17) is 20.2 Å². The van der Waals surface area contributed by atoms with Crippen LogP contribution in [-0.2, 0) is 22.6 Å². The van der Waals surface area contributed by atoms with Crippen LogP contribution >= 0.6 is 0 Å². The lowest BCUT2D eigenvalue weighted by Gasteiger charge is -2.38. The third kappa shape index (κ3) is 3.38. The fourth-order valence-corrected chi connectivity index (χ4v) is 5.00. The van der Waals surface area contributed by atoms with E-state index in [9.17, 15) is 8.78 Å². The number of ether oxygens (including phenoxy) is 2. The van der Waals surface area contributed by atoms with E-state index >= 15 is 0 Å². The fourth-order valence-electron chi connectivity index (χ4n) is 5.00. The summed E-state index contributed by atoms with van der Waals surface area (Å²) in [5.74, 6) is 0.0819. The van der Waals surface area contributed by atoms with Crippen molar-refractivity contribution in [3.63, 3.8) is 0 Å². The molecule has 2 fully saturated rings. The Kier molecular flexibility index (Phi) is 4.90. The zero-order chi connectivity index (χ0) is 20.1. The van der Waals surface area contributed by atoms with Crippen LogP contribution in [0, 0.1) is 18.6 Å². The van der Waals surface area contributed by atoms with Crippen molar-refractivity contribution in [1.82, 2.24) is 14.5 Å². The lowest BCUT2D eigenvalue weighted by molar-refractivity contribution is -0.0535. The molecule has 1 aromatic carbocycles. The van der Waals surface area contributed by atoms with Crippen molar-refractivity contribution in [2.75, 3.05) is 19.8 Å². The number of benzene rings is 1. The standard InChI is InChI=1S/C21H26F2N4O2/c1-12-25-19-8-26(9-20(19)27(12)14-4-5-28-10-14)15-7-18(24)21(29-11-15)16-6-13(22)2-3-17(16)23/h2-3,6,14-15,18,21H,4-5,7-11,24H2,1H3/t14-,15-,18+,21-/m1/s1. The summed E-state index contributed by atoms with van der Waals surface area (Å²) >= 11 is 0. The molecule has 2 aromatic rings. The van der Waals surface area contributed by atoms with E-state index in [2.05, 4.69) is 16.4 Å². The van der Waals surface area contributed by atoms with Gasteiger partial charge in [0.1, 0.15) is 23.6 Å². The third-order valence-electron chi connectivity index (χ3n) is 6.43. The summed E-state index contributed by atoms with van der Waals surface area (Å²) < 4.78 is 41.6. The van der Waals surface area contributed by atoms with Crippen LogP contribution in [0.2, 0.25) is 0 Å². The number of rotatable bonds is 3. The molecule has 0 spiro atoms. The largest absolute Gasteiger partial charge is 0.379 e. The average Bonchev–Trinajstić information content (AvgIpc) is 3.40. The van der Waals surface area contributed by atoms with Crippen LogP contribution in [-0.4, -0.2) is 46.4 Å². The molecule has 1 aromatic heterocycles. The zero-order valence-corrected chi connectivity index (χ0v) is 16.5. The normalized spacial score (nSPS) is 30.1. The number of aryl methyl sites for hydroxylation is 1. The first-order valence-corrected chi connectivity index (χ1v) is 10.2. The van der Waals surface area contributed by atoms with Gasteiger partial charge >= 0.3 is 0 Å². The van der Waals surface area contributed by atoms with Gasteiger partial charge in [-0.05, 0) is 38.0 Å². The number of imidazole rings is 1. The molecule has 156 valence electrons. The lowest BCUT2D eigenvalue weighted by Crippen LogP contribution is -2.48. The number of hydrogen-bond acceptors (Lipinski definition) is 5. The van der Waals surface area contributed by atoms with Crippen LogP contribution in [0.4, 0.5) is 8.78 Å². The maximum absolute atomic E-state index is 14.2. The van der Waals surface area contributed by atoms with Gasteiger partial charge in [0.05, 0.1) is 30.6 Å². The van der Waals surface area contributed by atoms with E-state index < -0.39 is 23.8 Å². The van der Waals surface area contributed by atoms with Gasteiger partial charge < -0.3 is 19.8 Å². The Morgan fingerprint density at radius 1 is 1.17 bits per heavy atom. The predicted octanol–water partition coefficient (Wildman–Crippen LogP) is 2.60. The Balaban J connectivity index is 1.29. The first-order chi connectivity index (χ1) is 14.0. The minimum absolute atomic E-state index is 0.126. The quantitative estimate of drug-likeness (QED) is 0.852. The minimum Gasteiger partial charge on any atom is -0.379 e. The van der Waals surface area contributed by atoms with Crippen molar-refractivity contribution in [3.8, 4) is 0 Å². The minimum atomic E-state index is -0.628. The van der Waals surface area contributed by atoms with Crippen LogP contribution in [0.15, 0.2) is 18.2 Å². The van der Waals surface area contributed by atoms with Crippen molar-refractivity contribution < 1.29 is 18.3 Å². The molecule has 4 heterocycles. The van der Waals surface area contributed by atoms with Gasteiger partial charge in [0.2, 0.25) is 0 Å². The Labute approximate surface area is 168 Å². The van der Waals surface area contributed by atoms with E-state index in [1.165, 1.54) is 11.8 Å². The third-order valence-corrected chi connectivity index (χ3v) is 6.43.